The summed E-state index contributed by atoms with van der Waals surface area (Å²) < 4.78 is 10.1. The van der Waals surface area contributed by atoms with Crippen LogP contribution >= 0.6 is 11.6 Å². The number of imide groups is 1. The van der Waals surface area contributed by atoms with Crippen molar-refractivity contribution < 1.29 is 28.7 Å². The van der Waals surface area contributed by atoms with Crippen molar-refractivity contribution in [1.82, 2.24) is 0 Å². The van der Waals surface area contributed by atoms with Crippen molar-refractivity contribution in [3.05, 3.63) is 100 Å². The fourth-order valence-corrected chi connectivity index (χ4v) is 3.94. The number of methoxy groups -OCH3 is 1. The minimum atomic E-state index is -0.704. The Morgan fingerprint density at radius 2 is 1.43 bits per heavy atom. The molecule has 1 aliphatic rings. The number of aryl methyl sites for hydroxylation is 1. The molecule has 3 aromatic carbocycles. The summed E-state index contributed by atoms with van der Waals surface area (Å²) in [7, 11) is 1.26. The van der Waals surface area contributed by atoms with Crippen molar-refractivity contribution in [3.8, 4) is 5.75 Å². The average molecular weight is 519 g/mol. The van der Waals surface area contributed by atoms with Crippen LogP contribution in [0.3, 0.4) is 0 Å². The summed E-state index contributed by atoms with van der Waals surface area (Å²) in [6.07, 6.45) is 1.99. The van der Waals surface area contributed by atoms with E-state index in [0.717, 1.165) is 17.7 Å². The lowest BCUT2D eigenvalue weighted by Gasteiger charge is -2.15. The van der Waals surface area contributed by atoms with Crippen LogP contribution in [0.1, 0.15) is 39.6 Å². The van der Waals surface area contributed by atoms with Crippen LogP contribution in [0.2, 0.25) is 0 Å². The van der Waals surface area contributed by atoms with Gasteiger partial charge in [0.25, 0.3) is 11.8 Å². The molecule has 1 aliphatic heterocycles. The van der Waals surface area contributed by atoms with E-state index in [2.05, 4.69) is 17.0 Å². The fraction of sp³-hybridized carbons (Fsp3) is 0.143. The van der Waals surface area contributed by atoms with Gasteiger partial charge in [-0.2, -0.15) is 0 Å². The fourth-order valence-electron chi connectivity index (χ4n) is 3.72. The molecule has 9 heteroatoms. The Morgan fingerprint density at radius 3 is 2.03 bits per heavy atom. The molecule has 4 rings (SSSR count). The molecular formula is C28H23ClN2O6. The summed E-state index contributed by atoms with van der Waals surface area (Å²) in [4.78, 5) is 50.7. The highest BCUT2D eigenvalue weighted by Gasteiger charge is 2.39. The maximum absolute atomic E-state index is 13.0. The zero-order chi connectivity index (χ0) is 26.5. The van der Waals surface area contributed by atoms with Crippen molar-refractivity contribution >= 4 is 46.7 Å². The molecule has 37 heavy (non-hydrogen) atoms. The van der Waals surface area contributed by atoms with E-state index in [9.17, 15) is 19.2 Å². The normalized spacial score (nSPS) is 13.1. The number of amides is 2. The largest absolute Gasteiger partial charge is 0.465 e. The summed E-state index contributed by atoms with van der Waals surface area (Å²) >= 11 is 6.18. The van der Waals surface area contributed by atoms with Crippen LogP contribution < -0.4 is 15.0 Å². The molecule has 0 unspecified atom stereocenters. The number of nitrogens with zero attached hydrogens (tertiary/aromatic N) is 1. The zero-order valence-electron chi connectivity index (χ0n) is 20.1. The minimum absolute atomic E-state index is 0.105. The van der Waals surface area contributed by atoms with Crippen LogP contribution in [0.4, 0.5) is 11.4 Å². The number of esters is 2. The Kier molecular flexibility index (Phi) is 7.69. The summed E-state index contributed by atoms with van der Waals surface area (Å²) in [6.45, 7) is 2.10. The van der Waals surface area contributed by atoms with E-state index in [0.29, 0.717) is 17.0 Å². The van der Waals surface area contributed by atoms with Gasteiger partial charge < -0.3 is 14.8 Å². The summed E-state index contributed by atoms with van der Waals surface area (Å²) in [5.41, 5.74) is 2.34. The Labute approximate surface area is 218 Å². The minimum Gasteiger partial charge on any atom is -0.465 e. The van der Waals surface area contributed by atoms with Gasteiger partial charge >= 0.3 is 11.9 Å². The van der Waals surface area contributed by atoms with Crippen molar-refractivity contribution in [2.24, 2.45) is 0 Å². The number of benzene rings is 3. The smallest absolute Gasteiger partial charge is 0.343 e. The van der Waals surface area contributed by atoms with Crippen molar-refractivity contribution in [1.29, 1.82) is 0 Å². The number of hydrogen-bond acceptors (Lipinski definition) is 7. The van der Waals surface area contributed by atoms with Gasteiger partial charge in [0, 0.05) is 5.69 Å². The predicted molar refractivity (Wildman–Crippen MR) is 139 cm³/mol. The predicted octanol–water partition coefficient (Wildman–Crippen LogP) is 5.08. The second-order valence-corrected chi connectivity index (χ2v) is 8.54. The summed E-state index contributed by atoms with van der Waals surface area (Å²) in [6, 6.07) is 19.4. The number of rotatable bonds is 8. The van der Waals surface area contributed by atoms with Crippen LogP contribution in [0.5, 0.6) is 5.75 Å². The highest BCUT2D eigenvalue weighted by molar-refractivity contribution is 6.53. The average Bonchev–Trinajstić information content (AvgIpc) is 3.12. The highest BCUT2D eigenvalue weighted by Crippen LogP contribution is 2.30. The Bertz CT molecular complexity index is 1380. The number of ether oxygens (including phenoxy) is 2. The molecule has 0 atom stereocenters. The van der Waals surface area contributed by atoms with Crippen LogP contribution in [0.15, 0.2) is 83.5 Å². The van der Waals surface area contributed by atoms with E-state index in [4.69, 9.17) is 16.3 Å². The van der Waals surface area contributed by atoms with E-state index in [1.54, 1.807) is 24.3 Å². The Morgan fingerprint density at radius 1 is 0.838 bits per heavy atom. The SMILES string of the molecule is CCCc1ccc(OC(=O)c2ccc(NC3=C(Cl)C(=O)N(c4ccc(C(=O)OC)cc4)C3=O)cc2)cc1. The number of carbonyl (C=O) groups is 4. The molecule has 3 aromatic rings. The zero-order valence-corrected chi connectivity index (χ0v) is 20.9. The first-order valence-corrected chi connectivity index (χ1v) is 11.8. The van der Waals surface area contributed by atoms with Gasteiger partial charge in [0.2, 0.25) is 0 Å². The van der Waals surface area contributed by atoms with E-state index < -0.39 is 23.8 Å². The number of carbonyl (C=O) groups excluding carboxylic acids is 4. The lowest BCUT2D eigenvalue weighted by Crippen LogP contribution is -2.32. The van der Waals surface area contributed by atoms with Crippen LogP contribution in [-0.2, 0) is 20.7 Å². The van der Waals surface area contributed by atoms with Gasteiger partial charge in [-0.25, -0.2) is 14.5 Å². The molecule has 2 amide bonds. The molecule has 8 nitrogen and oxygen atoms in total. The number of hydrogen-bond donors (Lipinski definition) is 1. The van der Waals surface area contributed by atoms with E-state index in [1.165, 1.54) is 49.1 Å². The van der Waals surface area contributed by atoms with Crippen LogP contribution in [0, 0.1) is 0 Å². The van der Waals surface area contributed by atoms with Crippen LogP contribution in [-0.4, -0.2) is 30.9 Å². The molecule has 0 aliphatic carbocycles. The topological polar surface area (TPSA) is 102 Å². The molecule has 0 aromatic heterocycles. The van der Waals surface area contributed by atoms with E-state index in [-0.39, 0.29) is 22.0 Å². The monoisotopic (exact) mass is 518 g/mol. The summed E-state index contributed by atoms with van der Waals surface area (Å²) in [5.74, 6) is -1.98. The van der Waals surface area contributed by atoms with Crippen molar-refractivity contribution in [2.45, 2.75) is 19.8 Å². The Hall–Kier alpha value is -4.43. The second-order valence-electron chi connectivity index (χ2n) is 8.16. The van der Waals surface area contributed by atoms with Gasteiger partial charge in [-0.15, -0.1) is 0 Å². The van der Waals surface area contributed by atoms with Gasteiger partial charge in [-0.1, -0.05) is 37.1 Å². The van der Waals surface area contributed by atoms with Crippen molar-refractivity contribution in [2.75, 3.05) is 17.3 Å². The van der Waals surface area contributed by atoms with E-state index in [1.807, 2.05) is 12.1 Å². The number of anilines is 2. The van der Waals surface area contributed by atoms with Gasteiger partial charge in [0.15, 0.2) is 0 Å². The number of halogens is 1. The molecule has 0 bridgehead atoms. The third-order valence-electron chi connectivity index (χ3n) is 5.64. The molecule has 188 valence electrons. The van der Waals surface area contributed by atoms with Crippen molar-refractivity contribution in [3.63, 3.8) is 0 Å². The van der Waals surface area contributed by atoms with Gasteiger partial charge in [-0.05, 0) is 72.6 Å². The maximum Gasteiger partial charge on any atom is 0.343 e. The lowest BCUT2D eigenvalue weighted by molar-refractivity contribution is -0.120. The number of nitrogens with one attached hydrogen (secondary N) is 1. The molecule has 0 saturated carbocycles. The molecule has 1 N–H and O–H groups in total. The highest BCUT2D eigenvalue weighted by atomic mass is 35.5. The lowest BCUT2D eigenvalue weighted by atomic mass is 10.1. The van der Waals surface area contributed by atoms with Gasteiger partial charge in [0.1, 0.15) is 16.5 Å². The third-order valence-corrected chi connectivity index (χ3v) is 5.99. The third kappa shape index (κ3) is 5.54. The molecule has 0 fully saturated rings. The standard InChI is InChI=1S/C28H23ClN2O6/c1-3-4-17-5-15-22(16-6-17)37-28(35)19-7-11-20(12-8-19)30-24-23(29)25(32)31(26(24)33)21-13-9-18(10-14-21)27(34)36-2/h5-16,30H,3-4H2,1-2H3. The van der Waals surface area contributed by atoms with Gasteiger partial charge in [-0.3, -0.25) is 9.59 Å². The Balaban J connectivity index is 1.43. The van der Waals surface area contributed by atoms with E-state index >= 15 is 0 Å². The first kappa shape index (κ1) is 25.7. The second kappa shape index (κ2) is 11.1. The van der Waals surface area contributed by atoms with Crippen LogP contribution in [0.25, 0.3) is 0 Å². The van der Waals surface area contributed by atoms with Gasteiger partial charge in [0.05, 0.1) is 23.9 Å². The quantitative estimate of drug-likeness (QED) is 0.252. The summed E-state index contributed by atoms with van der Waals surface area (Å²) in [5, 5.41) is 2.57. The maximum atomic E-state index is 13.0. The molecular weight excluding hydrogens is 496 g/mol. The molecule has 0 saturated heterocycles. The first-order valence-electron chi connectivity index (χ1n) is 11.5. The molecule has 0 spiro atoms. The molecule has 1 heterocycles. The molecule has 0 radical (unpaired) electrons. The first-order chi connectivity index (χ1) is 17.8.